The molecule has 4 aromatic rings. The number of aromatic nitrogens is 1. The van der Waals surface area contributed by atoms with Gasteiger partial charge in [0.1, 0.15) is 0 Å². The molecular formula is C30H34N4O4S. The minimum Gasteiger partial charge on any atom is -0.389 e. The van der Waals surface area contributed by atoms with Crippen LogP contribution in [0.15, 0.2) is 79.0 Å². The Labute approximate surface area is 229 Å². The van der Waals surface area contributed by atoms with Crippen molar-refractivity contribution >= 4 is 38.2 Å². The third kappa shape index (κ3) is 5.65. The zero-order valence-electron chi connectivity index (χ0n) is 22.2. The Morgan fingerprint density at radius 1 is 1.05 bits per heavy atom. The fourth-order valence-electron chi connectivity index (χ4n) is 5.17. The van der Waals surface area contributed by atoms with E-state index in [2.05, 4.69) is 15.2 Å². The predicted octanol–water partition coefficient (Wildman–Crippen LogP) is 3.80. The van der Waals surface area contributed by atoms with Crippen LogP contribution in [-0.4, -0.2) is 55.5 Å². The molecule has 0 bridgehead atoms. The second-order valence-corrected chi connectivity index (χ2v) is 12.1. The molecule has 1 aromatic heterocycles. The highest BCUT2D eigenvalue weighted by molar-refractivity contribution is 7.92. The van der Waals surface area contributed by atoms with Crippen LogP contribution in [-0.2, 0) is 29.4 Å². The van der Waals surface area contributed by atoms with Gasteiger partial charge in [-0.2, -0.15) is 0 Å². The summed E-state index contributed by atoms with van der Waals surface area (Å²) in [5.41, 5.74) is 4.50. The smallest absolute Gasteiger partial charge is 0.251 e. The van der Waals surface area contributed by atoms with Crippen molar-refractivity contribution in [2.45, 2.75) is 38.5 Å². The van der Waals surface area contributed by atoms with Crippen LogP contribution >= 0.6 is 0 Å². The van der Waals surface area contributed by atoms with Gasteiger partial charge in [-0.25, -0.2) is 8.42 Å². The van der Waals surface area contributed by atoms with Gasteiger partial charge in [-0.15, -0.1) is 0 Å². The fraction of sp³-hybridized carbons (Fsp3) is 0.300. The summed E-state index contributed by atoms with van der Waals surface area (Å²) >= 11 is 0. The molecule has 2 heterocycles. The summed E-state index contributed by atoms with van der Waals surface area (Å²) in [7, 11) is -1.97. The first-order chi connectivity index (χ1) is 18.8. The van der Waals surface area contributed by atoms with Gasteiger partial charge in [0.15, 0.2) is 0 Å². The number of aliphatic hydroxyl groups excluding tert-OH is 1. The van der Waals surface area contributed by atoms with E-state index in [1.54, 1.807) is 13.1 Å². The number of nitrogens with zero attached hydrogens (tertiary/aromatic N) is 2. The summed E-state index contributed by atoms with van der Waals surface area (Å²) in [6, 6.07) is 22.2. The second kappa shape index (κ2) is 11.1. The summed E-state index contributed by atoms with van der Waals surface area (Å²) < 4.78 is 29.1. The zero-order valence-corrected chi connectivity index (χ0v) is 23.0. The lowest BCUT2D eigenvalue weighted by Gasteiger charge is -2.26. The Bertz CT molecular complexity index is 1570. The first-order valence-corrected chi connectivity index (χ1v) is 14.8. The van der Waals surface area contributed by atoms with E-state index in [9.17, 15) is 18.3 Å². The van der Waals surface area contributed by atoms with E-state index in [1.165, 1.54) is 4.31 Å². The average molecular weight is 547 g/mol. The lowest BCUT2D eigenvalue weighted by atomic mass is 10.00. The van der Waals surface area contributed by atoms with Gasteiger partial charge in [0, 0.05) is 43.0 Å². The van der Waals surface area contributed by atoms with E-state index >= 15 is 0 Å². The van der Waals surface area contributed by atoms with E-state index < -0.39 is 22.2 Å². The van der Waals surface area contributed by atoms with Gasteiger partial charge in [0.25, 0.3) is 5.91 Å². The van der Waals surface area contributed by atoms with Gasteiger partial charge in [-0.05, 0) is 55.2 Å². The van der Waals surface area contributed by atoms with Crippen molar-refractivity contribution in [3.8, 4) is 0 Å². The summed E-state index contributed by atoms with van der Waals surface area (Å²) in [5, 5.41) is 18.3. The first kappa shape index (κ1) is 26.8. The highest BCUT2D eigenvalue weighted by Crippen LogP contribution is 2.37. The third-order valence-electron chi connectivity index (χ3n) is 7.40. The normalized spacial score (nSPS) is 15.9. The van der Waals surface area contributed by atoms with Crippen LogP contribution in [0.2, 0.25) is 0 Å². The van der Waals surface area contributed by atoms with Crippen molar-refractivity contribution < 1.29 is 18.3 Å². The molecule has 1 aliphatic heterocycles. The molecule has 2 atom stereocenters. The number of sulfonamides is 1. The average Bonchev–Trinajstić information content (AvgIpc) is 3.28. The molecule has 0 saturated heterocycles. The van der Waals surface area contributed by atoms with Crippen molar-refractivity contribution in [1.82, 2.24) is 9.88 Å². The Morgan fingerprint density at radius 3 is 2.44 bits per heavy atom. The predicted molar refractivity (Wildman–Crippen MR) is 156 cm³/mol. The van der Waals surface area contributed by atoms with Crippen molar-refractivity contribution in [1.29, 1.82) is 0 Å². The van der Waals surface area contributed by atoms with Gasteiger partial charge in [-0.1, -0.05) is 48.5 Å². The maximum Gasteiger partial charge on any atom is 0.251 e. The van der Waals surface area contributed by atoms with E-state index in [-0.39, 0.29) is 18.2 Å². The highest BCUT2D eigenvalue weighted by atomic mass is 32.2. The maximum absolute atomic E-state index is 13.7. The van der Waals surface area contributed by atoms with E-state index in [4.69, 9.17) is 0 Å². The number of para-hydroxylation sites is 1. The molecule has 1 aliphatic rings. The summed E-state index contributed by atoms with van der Waals surface area (Å²) in [5.74, 6) is -0.351. The second-order valence-electron chi connectivity index (χ2n) is 9.95. The largest absolute Gasteiger partial charge is 0.389 e. The Morgan fingerprint density at radius 2 is 1.74 bits per heavy atom. The van der Waals surface area contributed by atoms with Crippen LogP contribution in [0.4, 0.5) is 11.4 Å². The van der Waals surface area contributed by atoms with Crippen molar-refractivity contribution in [3.05, 3.63) is 95.7 Å². The summed E-state index contributed by atoms with van der Waals surface area (Å²) in [6.45, 7) is 2.96. The standard InChI is InChI=1S/C30H34N4O4S/c1-3-34-20-22-14-15-39(37,38)33(2)26-17-23(18-27(34)29(22)26)30(36)32-25(16-21-10-6-4-7-11-21)28(35)19-31-24-12-8-5-9-13-24/h4-13,17-18,20,25,28,31,35H,3,14-16,19H2,1-2H3,(H,32,36)/t25-,28+/m0/s1. The monoisotopic (exact) mass is 546 g/mol. The molecule has 0 radical (unpaired) electrons. The number of rotatable bonds is 9. The van der Waals surface area contributed by atoms with Crippen LogP contribution in [0.25, 0.3) is 10.9 Å². The lowest BCUT2D eigenvalue weighted by molar-refractivity contribution is 0.0851. The third-order valence-corrected chi connectivity index (χ3v) is 9.15. The zero-order chi connectivity index (χ0) is 27.6. The molecule has 3 aromatic carbocycles. The number of amides is 1. The van der Waals surface area contributed by atoms with Crippen molar-refractivity contribution in [3.63, 3.8) is 0 Å². The molecule has 0 saturated carbocycles. The van der Waals surface area contributed by atoms with Crippen LogP contribution < -0.4 is 14.9 Å². The van der Waals surface area contributed by atoms with E-state index in [1.807, 2.05) is 79.9 Å². The number of aryl methyl sites for hydroxylation is 2. The molecule has 8 nitrogen and oxygen atoms in total. The number of nitrogens with one attached hydrogen (secondary N) is 2. The molecule has 0 fully saturated rings. The van der Waals surface area contributed by atoms with Gasteiger partial charge in [0.05, 0.1) is 29.1 Å². The van der Waals surface area contributed by atoms with Gasteiger partial charge in [-0.3, -0.25) is 9.10 Å². The quantitative estimate of drug-likeness (QED) is 0.296. The number of benzene rings is 3. The first-order valence-electron chi connectivity index (χ1n) is 13.2. The SMILES string of the molecule is CCn1cc2c3c(cc(C(=O)N[C@@H](Cc4ccccc4)[C@H](O)CNc4ccccc4)cc31)N(C)S(=O)(=O)CC2. The van der Waals surface area contributed by atoms with Gasteiger partial charge in [0.2, 0.25) is 10.0 Å². The lowest BCUT2D eigenvalue weighted by Crippen LogP contribution is -2.47. The van der Waals surface area contributed by atoms with Gasteiger partial charge < -0.3 is 20.3 Å². The number of aliphatic hydroxyl groups is 1. The van der Waals surface area contributed by atoms with Crippen LogP contribution in [0.1, 0.15) is 28.4 Å². The molecule has 204 valence electrons. The van der Waals surface area contributed by atoms with Crippen molar-refractivity contribution in [2.75, 3.05) is 29.0 Å². The van der Waals surface area contributed by atoms with Crippen LogP contribution in [0.3, 0.4) is 0 Å². The van der Waals surface area contributed by atoms with E-state index in [0.29, 0.717) is 30.6 Å². The minimum absolute atomic E-state index is 0.0162. The molecular weight excluding hydrogens is 512 g/mol. The molecule has 9 heteroatoms. The molecule has 1 amide bonds. The van der Waals surface area contributed by atoms with Crippen molar-refractivity contribution in [2.24, 2.45) is 0 Å². The number of hydrogen-bond donors (Lipinski definition) is 3. The molecule has 0 spiro atoms. The highest BCUT2D eigenvalue weighted by Gasteiger charge is 2.29. The maximum atomic E-state index is 13.7. The number of anilines is 2. The van der Waals surface area contributed by atoms with Gasteiger partial charge >= 0.3 is 0 Å². The van der Waals surface area contributed by atoms with Crippen LogP contribution in [0.5, 0.6) is 0 Å². The Balaban J connectivity index is 1.46. The number of carbonyl (C=O) groups excluding carboxylic acids is 1. The molecule has 0 aliphatic carbocycles. The summed E-state index contributed by atoms with van der Waals surface area (Å²) in [6.07, 6.45) is 1.97. The number of hydrogen-bond acceptors (Lipinski definition) is 5. The molecule has 3 N–H and O–H groups in total. The molecule has 39 heavy (non-hydrogen) atoms. The van der Waals surface area contributed by atoms with E-state index in [0.717, 1.165) is 27.7 Å². The summed E-state index contributed by atoms with van der Waals surface area (Å²) in [4.78, 5) is 13.7. The fourth-order valence-corrected chi connectivity index (χ4v) is 6.36. The minimum atomic E-state index is -3.51. The molecule has 5 rings (SSSR count). The molecule has 0 unspecified atom stereocenters. The topological polar surface area (TPSA) is 104 Å². The number of carbonyl (C=O) groups is 1. The van der Waals surface area contributed by atoms with Crippen LogP contribution in [0, 0.1) is 0 Å². The Kier molecular flexibility index (Phi) is 7.63. The Hall–Kier alpha value is -3.82.